The number of rotatable bonds is 4. The summed E-state index contributed by atoms with van der Waals surface area (Å²) in [4.78, 5) is 23.3. The Balaban J connectivity index is 1.46. The lowest BCUT2D eigenvalue weighted by Crippen LogP contribution is -2.19. The number of hydrogen-bond donors (Lipinski definition) is 2. The highest BCUT2D eigenvalue weighted by molar-refractivity contribution is 5.98. The molecule has 3 N–H and O–H groups in total. The second-order valence-corrected chi connectivity index (χ2v) is 8.87. The number of carbonyl (C=O) groups is 1. The van der Waals surface area contributed by atoms with Crippen molar-refractivity contribution >= 4 is 34.0 Å². The molecule has 0 radical (unpaired) electrons. The summed E-state index contributed by atoms with van der Waals surface area (Å²) in [6.45, 7) is 6.55. The number of hydrogen-bond acceptors (Lipinski definition) is 5. The molecule has 3 heterocycles. The van der Waals surface area contributed by atoms with Gasteiger partial charge in [0.15, 0.2) is 0 Å². The molecule has 2 fully saturated rings. The van der Waals surface area contributed by atoms with Crippen LogP contribution in [-0.2, 0) is 4.79 Å². The molecule has 1 saturated heterocycles. The summed E-state index contributed by atoms with van der Waals surface area (Å²) >= 11 is 0. The maximum atomic E-state index is 13.2. The van der Waals surface area contributed by atoms with Gasteiger partial charge in [-0.15, -0.1) is 0 Å². The summed E-state index contributed by atoms with van der Waals surface area (Å²) in [6.07, 6.45) is 2.07. The van der Waals surface area contributed by atoms with E-state index in [0.29, 0.717) is 11.6 Å². The molecule has 1 aromatic carbocycles. The van der Waals surface area contributed by atoms with Gasteiger partial charge in [-0.2, -0.15) is 0 Å². The Labute approximate surface area is 180 Å². The van der Waals surface area contributed by atoms with Crippen LogP contribution in [0.5, 0.6) is 0 Å². The molecule has 1 saturated carbocycles. The molecule has 3 aromatic rings. The Bertz CT molecular complexity index is 1180. The first-order valence-electron chi connectivity index (χ1n) is 10.8. The Morgan fingerprint density at radius 3 is 2.77 bits per heavy atom. The van der Waals surface area contributed by atoms with Crippen molar-refractivity contribution in [1.29, 1.82) is 0 Å². The lowest BCUT2D eigenvalue weighted by molar-refractivity contribution is -0.117. The van der Waals surface area contributed by atoms with Gasteiger partial charge in [-0.3, -0.25) is 4.79 Å². The second kappa shape index (κ2) is 7.48. The van der Waals surface area contributed by atoms with Gasteiger partial charge < -0.3 is 16.0 Å². The first-order valence-corrected chi connectivity index (χ1v) is 10.8. The summed E-state index contributed by atoms with van der Waals surface area (Å²) in [7, 11) is 0. The van der Waals surface area contributed by atoms with Crippen molar-refractivity contribution in [1.82, 2.24) is 9.97 Å². The summed E-state index contributed by atoms with van der Waals surface area (Å²) in [5.74, 6) is 0.615. The molecule has 6 nitrogen and oxygen atoms in total. The molecule has 31 heavy (non-hydrogen) atoms. The zero-order chi connectivity index (χ0) is 21.7. The molecule has 160 valence electrons. The van der Waals surface area contributed by atoms with Crippen molar-refractivity contribution in [2.75, 3.05) is 29.0 Å². The molecule has 1 aliphatic heterocycles. The van der Waals surface area contributed by atoms with Crippen LogP contribution in [-0.4, -0.2) is 35.1 Å². The highest BCUT2D eigenvalue weighted by Gasteiger charge is 2.43. The molecule has 0 unspecified atom stereocenters. The molecule has 7 heteroatoms. The minimum absolute atomic E-state index is 0.284. The number of aromatic nitrogens is 2. The molecule has 0 bridgehead atoms. The van der Waals surface area contributed by atoms with Gasteiger partial charge in [0, 0.05) is 35.9 Å². The van der Waals surface area contributed by atoms with E-state index in [1.807, 2.05) is 6.07 Å². The number of alkyl halides is 1. The number of aryl methyl sites for hydroxylation is 1. The predicted molar refractivity (Wildman–Crippen MR) is 122 cm³/mol. The van der Waals surface area contributed by atoms with Gasteiger partial charge in [-0.1, -0.05) is 13.0 Å². The van der Waals surface area contributed by atoms with Crippen molar-refractivity contribution in [3.05, 3.63) is 42.1 Å². The van der Waals surface area contributed by atoms with Crippen LogP contribution in [0.15, 0.2) is 36.5 Å². The highest BCUT2D eigenvalue weighted by atomic mass is 19.1. The molecular weight excluding hydrogens is 393 g/mol. The van der Waals surface area contributed by atoms with E-state index < -0.39 is 12.1 Å². The molecule has 3 atom stereocenters. The van der Waals surface area contributed by atoms with Crippen LogP contribution < -0.4 is 16.0 Å². The summed E-state index contributed by atoms with van der Waals surface area (Å²) in [5.41, 5.74) is 10.4. The van der Waals surface area contributed by atoms with Crippen LogP contribution in [0.3, 0.4) is 0 Å². The first kappa shape index (κ1) is 19.7. The van der Waals surface area contributed by atoms with Crippen LogP contribution >= 0.6 is 0 Å². The predicted octanol–water partition coefficient (Wildman–Crippen LogP) is 4.33. The molecule has 1 aliphatic carbocycles. The third-order valence-corrected chi connectivity index (χ3v) is 6.32. The Morgan fingerprint density at radius 2 is 2.10 bits per heavy atom. The minimum Gasteiger partial charge on any atom is -0.383 e. The number of nitrogen functional groups attached to an aromatic ring is 1. The van der Waals surface area contributed by atoms with Crippen molar-refractivity contribution in [2.24, 2.45) is 11.8 Å². The number of anilines is 3. The van der Waals surface area contributed by atoms with Crippen molar-refractivity contribution in [3.63, 3.8) is 0 Å². The zero-order valence-corrected chi connectivity index (χ0v) is 17.7. The standard InChI is InChI=1S/C24H26FN5O/c1-13-5-6-30(12-13)16-3-4-17(14(2)7-16)21-8-15-9-22(27-11-19(15)23(26)28-21)29-24(31)18-10-20(18)25/h3-4,7-9,11,13,18,20H,5-6,10,12H2,1-2H3,(H2,26,28)(H,27,29,31)/t13-,18+,20-/m0/s1. The average molecular weight is 420 g/mol. The highest BCUT2D eigenvalue weighted by Crippen LogP contribution is 2.35. The zero-order valence-electron chi connectivity index (χ0n) is 17.7. The maximum Gasteiger partial charge on any atom is 0.231 e. The third kappa shape index (κ3) is 3.80. The SMILES string of the molecule is Cc1cc(N2CC[C@H](C)C2)ccc1-c1cc2cc(NC(=O)[C@@H]3C[C@@H]3F)ncc2c(N)n1. The average Bonchev–Trinajstić information content (AvgIpc) is 3.31. The molecule has 0 spiro atoms. The number of carbonyl (C=O) groups excluding carboxylic acids is 1. The van der Waals surface area contributed by atoms with E-state index in [0.717, 1.165) is 46.6 Å². The van der Waals surface area contributed by atoms with E-state index in [1.165, 1.54) is 12.1 Å². The van der Waals surface area contributed by atoms with Crippen LogP contribution in [0.1, 0.15) is 25.3 Å². The fourth-order valence-corrected chi connectivity index (χ4v) is 4.34. The number of halogens is 1. The fourth-order valence-electron chi connectivity index (χ4n) is 4.34. The lowest BCUT2D eigenvalue weighted by atomic mass is 10.0. The Kier molecular flexibility index (Phi) is 4.76. The third-order valence-electron chi connectivity index (χ3n) is 6.32. The number of nitrogens with one attached hydrogen (secondary N) is 1. The van der Waals surface area contributed by atoms with E-state index in [2.05, 4.69) is 52.2 Å². The molecule has 2 aliphatic rings. The Morgan fingerprint density at radius 1 is 1.29 bits per heavy atom. The largest absolute Gasteiger partial charge is 0.383 e. The molecular formula is C24H26FN5O. The van der Waals surface area contributed by atoms with Crippen LogP contribution in [0.4, 0.5) is 21.7 Å². The molecule has 1 amide bonds. The number of fused-ring (bicyclic) bond motifs is 1. The minimum atomic E-state index is -1.04. The van der Waals surface area contributed by atoms with E-state index >= 15 is 0 Å². The number of nitrogens with zero attached hydrogens (tertiary/aromatic N) is 3. The monoisotopic (exact) mass is 419 g/mol. The number of amides is 1. The van der Waals surface area contributed by atoms with Gasteiger partial charge in [0.25, 0.3) is 0 Å². The van der Waals surface area contributed by atoms with Crippen LogP contribution in [0.2, 0.25) is 0 Å². The van der Waals surface area contributed by atoms with E-state index in [-0.39, 0.29) is 12.3 Å². The van der Waals surface area contributed by atoms with Crippen LogP contribution in [0.25, 0.3) is 22.0 Å². The van der Waals surface area contributed by atoms with Gasteiger partial charge >= 0.3 is 0 Å². The summed E-state index contributed by atoms with van der Waals surface area (Å²) in [5, 5.41) is 4.25. The van der Waals surface area contributed by atoms with Gasteiger partial charge in [0.2, 0.25) is 5.91 Å². The second-order valence-electron chi connectivity index (χ2n) is 8.87. The van der Waals surface area contributed by atoms with Crippen molar-refractivity contribution in [3.8, 4) is 11.3 Å². The first-order chi connectivity index (χ1) is 14.9. The van der Waals surface area contributed by atoms with E-state index in [4.69, 9.17) is 5.73 Å². The molecule has 2 aromatic heterocycles. The van der Waals surface area contributed by atoms with Crippen molar-refractivity contribution in [2.45, 2.75) is 32.9 Å². The lowest BCUT2D eigenvalue weighted by Gasteiger charge is -2.20. The summed E-state index contributed by atoms with van der Waals surface area (Å²) < 4.78 is 13.2. The normalized spacial score (nSPS) is 22.7. The smallest absolute Gasteiger partial charge is 0.231 e. The fraction of sp³-hybridized carbons (Fsp3) is 0.375. The van der Waals surface area contributed by atoms with E-state index in [9.17, 15) is 9.18 Å². The van der Waals surface area contributed by atoms with Crippen LogP contribution in [0, 0.1) is 18.8 Å². The number of nitrogens with two attached hydrogens (primary N) is 1. The number of pyridine rings is 2. The van der Waals surface area contributed by atoms with E-state index in [1.54, 1.807) is 12.3 Å². The topological polar surface area (TPSA) is 84.1 Å². The van der Waals surface area contributed by atoms with Gasteiger partial charge in [0.05, 0.1) is 11.6 Å². The van der Waals surface area contributed by atoms with Gasteiger partial charge in [-0.05, 0) is 60.9 Å². The van der Waals surface area contributed by atoms with Crippen molar-refractivity contribution < 1.29 is 9.18 Å². The molecule has 5 rings (SSSR count). The maximum absolute atomic E-state index is 13.2. The quantitative estimate of drug-likeness (QED) is 0.658. The Hall–Kier alpha value is -3.22. The van der Waals surface area contributed by atoms with Gasteiger partial charge in [-0.25, -0.2) is 14.4 Å². The van der Waals surface area contributed by atoms with Gasteiger partial charge in [0.1, 0.15) is 17.8 Å². The summed E-state index contributed by atoms with van der Waals surface area (Å²) in [6, 6.07) is 10.2. The number of benzene rings is 1.